The van der Waals surface area contributed by atoms with E-state index in [0.717, 1.165) is 17.7 Å². The van der Waals surface area contributed by atoms with Crippen molar-refractivity contribution in [3.8, 4) is 5.75 Å². The van der Waals surface area contributed by atoms with Crippen LogP contribution in [0, 0.1) is 0 Å². The van der Waals surface area contributed by atoms with E-state index in [4.69, 9.17) is 10.5 Å². The van der Waals surface area contributed by atoms with Crippen molar-refractivity contribution in [1.29, 1.82) is 0 Å². The number of nitrogens with two attached hydrogens (primary N) is 1. The highest BCUT2D eigenvalue weighted by Crippen LogP contribution is 2.31. The Bertz CT molecular complexity index is 610. The minimum Gasteiger partial charge on any atom is -0.497 e. The van der Waals surface area contributed by atoms with E-state index in [9.17, 15) is 13.2 Å². The summed E-state index contributed by atoms with van der Waals surface area (Å²) in [6.07, 6.45) is -3.91. The SMILES string of the molecule is COc1cccc(CC(N)c2cccc(C(F)(F)F)c2)c1. The smallest absolute Gasteiger partial charge is 0.416 e. The van der Waals surface area contributed by atoms with Gasteiger partial charge in [-0.25, -0.2) is 0 Å². The molecule has 112 valence electrons. The van der Waals surface area contributed by atoms with Gasteiger partial charge in [0.15, 0.2) is 0 Å². The third kappa shape index (κ3) is 3.98. The molecule has 0 saturated carbocycles. The van der Waals surface area contributed by atoms with Crippen LogP contribution >= 0.6 is 0 Å². The highest BCUT2D eigenvalue weighted by molar-refractivity contribution is 5.32. The Morgan fingerprint density at radius 1 is 1.10 bits per heavy atom. The van der Waals surface area contributed by atoms with Crippen molar-refractivity contribution in [3.05, 3.63) is 65.2 Å². The monoisotopic (exact) mass is 295 g/mol. The average molecular weight is 295 g/mol. The Labute approximate surface area is 121 Å². The lowest BCUT2D eigenvalue weighted by Gasteiger charge is -2.15. The summed E-state index contributed by atoms with van der Waals surface area (Å²) in [6.45, 7) is 0. The Morgan fingerprint density at radius 3 is 2.48 bits per heavy atom. The average Bonchev–Trinajstić information content (AvgIpc) is 2.46. The van der Waals surface area contributed by atoms with E-state index in [0.29, 0.717) is 17.7 Å². The molecule has 21 heavy (non-hydrogen) atoms. The molecule has 0 aromatic heterocycles. The van der Waals surface area contributed by atoms with E-state index < -0.39 is 17.8 Å². The summed E-state index contributed by atoms with van der Waals surface area (Å²) < 4.78 is 43.2. The molecule has 0 bridgehead atoms. The van der Waals surface area contributed by atoms with Gasteiger partial charge in [0, 0.05) is 6.04 Å². The van der Waals surface area contributed by atoms with Crippen LogP contribution in [0.25, 0.3) is 0 Å². The Balaban J connectivity index is 2.18. The van der Waals surface area contributed by atoms with Gasteiger partial charge in [0.25, 0.3) is 0 Å². The van der Waals surface area contributed by atoms with Crippen LogP contribution < -0.4 is 10.5 Å². The van der Waals surface area contributed by atoms with Crippen LogP contribution in [0.3, 0.4) is 0 Å². The molecule has 0 heterocycles. The van der Waals surface area contributed by atoms with Gasteiger partial charge in [0.05, 0.1) is 12.7 Å². The maximum absolute atomic E-state index is 12.7. The molecule has 2 rings (SSSR count). The maximum atomic E-state index is 12.7. The third-order valence-corrected chi connectivity index (χ3v) is 3.23. The second kappa shape index (κ2) is 6.18. The Morgan fingerprint density at radius 2 is 1.81 bits per heavy atom. The van der Waals surface area contributed by atoms with Crippen molar-refractivity contribution in [3.63, 3.8) is 0 Å². The first-order valence-corrected chi connectivity index (χ1v) is 6.46. The molecule has 0 aliphatic carbocycles. The number of alkyl halides is 3. The van der Waals surface area contributed by atoms with Gasteiger partial charge in [0.1, 0.15) is 5.75 Å². The fraction of sp³-hybridized carbons (Fsp3) is 0.250. The molecule has 0 aliphatic rings. The number of halogens is 3. The normalized spacial score (nSPS) is 13.0. The first-order valence-electron chi connectivity index (χ1n) is 6.46. The lowest BCUT2D eigenvalue weighted by atomic mass is 9.98. The largest absolute Gasteiger partial charge is 0.497 e. The standard InChI is InChI=1S/C16H16F3NO/c1-21-14-7-2-4-11(8-14)9-15(20)12-5-3-6-13(10-12)16(17,18)19/h2-8,10,15H,9,20H2,1H3. The Hall–Kier alpha value is -2.01. The van der Waals surface area contributed by atoms with Gasteiger partial charge in [-0.1, -0.05) is 24.3 Å². The molecular formula is C16H16F3NO. The molecular weight excluding hydrogens is 279 g/mol. The molecule has 0 saturated heterocycles. The molecule has 1 unspecified atom stereocenters. The van der Waals surface area contributed by atoms with Crippen LogP contribution in [-0.4, -0.2) is 7.11 Å². The van der Waals surface area contributed by atoms with Gasteiger partial charge >= 0.3 is 6.18 Å². The van der Waals surface area contributed by atoms with E-state index >= 15 is 0 Å². The molecule has 2 aromatic carbocycles. The van der Waals surface area contributed by atoms with Gasteiger partial charge in [-0.15, -0.1) is 0 Å². The minimum absolute atomic E-state index is 0.443. The molecule has 0 spiro atoms. The molecule has 5 heteroatoms. The highest BCUT2D eigenvalue weighted by Gasteiger charge is 2.30. The van der Waals surface area contributed by atoms with Gasteiger partial charge in [-0.05, 0) is 41.8 Å². The summed E-state index contributed by atoms with van der Waals surface area (Å²) in [5, 5.41) is 0. The summed E-state index contributed by atoms with van der Waals surface area (Å²) in [5.41, 5.74) is 6.72. The number of benzene rings is 2. The third-order valence-electron chi connectivity index (χ3n) is 3.23. The van der Waals surface area contributed by atoms with E-state index in [1.807, 2.05) is 18.2 Å². The second-order valence-corrected chi connectivity index (χ2v) is 4.79. The van der Waals surface area contributed by atoms with Crippen molar-refractivity contribution in [2.45, 2.75) is 18.6 Å². The molecule has 0 radical (unpaired) electrons. The fourth-order valence-corrected chi connectivity index (χ4v) is 2.12. The summed E-state index contributed by atoms with van der Waals surface area (Å²) in [6, 6.07) is 12.0. The van der Waals surface area contributed by atoms with Crippen molar-refractivity contribution in [2.75, 3.05) is 7.11 Å². The number of hydrogen-bond acceptors (Lipinski definition) is 2. The van der Waals surface area contributed by atoms with Crippen LogP contribution in [0.1, 0.15) is 22.7 Å². The van der Waals surface area contributed by atoms with E-state index in [-0.39, 0.29) is 0 Å². The molecule has 2 N–H and O–H groups in total. The maximum Gasteiger partial charge on any atom is 0.416 e. The molecule has 2 nitrogen and oxygen atoms in total. The van der Waals surface area contributed by atoms with Gasteiger partial charge < -0.3 is 10.5 Å². The summed E-state index contributed by atoms with van der Waals surface area (Å²) in [4.78, 5) is 0. The first-order chi connectivity index (χ1) is 9.90. The van der Waals surface area contributed by atoms with Crippen LogP contribution in [0.5, 0.6) is 5.75 Å². The topological polar surface area (TPSA) is 35.2 Å². The number of hydrogen-bond donors (Lipinski definition) is 1. The fourth-order valence-electron chi connectivity index (χ4n) is 2.12. The van der Waals surface area contributed by atoms with Crippen LogP contribution in [0.2, 0.25) is 0 Å². The quantitative estimate of drug-likeness (QED) is 0.926. The summed E-state index contributed by atoms with van der Waals surface area (Å²) in [5.74, 6) is 0.698. The minimum atomic E-state index is -4.36. The zero-order valence-corrected chi connectivity index (χ0v) is 11.5. The summed E-state index contributed by atoms with van der Waals surface area (Å²) >= 11 is 0. The van der Waals surface area contributed by atoms with E-state index in [1.165, 1.54) is 6.07 Å². The predicted octanol–water partition coefficient (Wildman–Crippen LogP) is 3.96. The predicted molar refractivity (Wildman–Crippen MR) is 75.1 cm³/mol. The van der Waals surface area contributed by atoms with Gasteiger partial charge in [-0.2, -0.15) is 13.2 Å². The highest BCUT2D eigenvalue weighted by atomic mass is 19.4. The number of methoxy groups -OCH3 is 1. The zero-order valence-electron chi connectivity index (χ0n) is 11.5. The first kappa shape index (κ1) is 15.4. The zero-order chi connectivity index (χ0) is 15.5. The lowest BCUT2D eigenvalue weighted by Crippen LogP contribution is -2.15. The van der Waals surface area contributed by atoms with E-state index in [2.05, 4.69) is 0 Å². The molecule has 0 aliphatic heterocycles. The molecule has 0 amide bonds. The molecule has 0 fully saturated rings. The van der Waals surface area contributed by atoms with Crippen molar-refractivity contribution < 1.29 is 17.9 Å². The molecule has 2 aromatic rings. The summed E-state index contributed by atoms with van der Waals surface area (Å²) in [7, 11) is 1.56. The lowest BCUT2D eigenvalue weighted by molar-refractivity contribution is -0.137. The van der Waals surface area contributed by atoms with Gasteiger partial charge in [-0.3, -0.25) is 0 Å². The molecule has 1 atom stereocenters. The second-order valence-electron chi connectivity index (χ2n) is 4.79. The van der Waals surface area contributed by atoms with Crippen LogP contribution in [-0.2, 0) is 12.6 Å². The van der Waals surface area contributed by atoms with Crippen molar-refractivity contribution in [2.24, 2.45) is 5.73 Å². The Kier molecular flexibility index (Phi) is 4.53. The number of ether oxygens (including phenoxy) is 1. The van der Waals surface area contributed by atoms with Crippen LogP contribution in [0.4, 0.5) is 13.2 Å². The van der Waals surface area contributed by atoms with Crippen molar-refractivity contribution in [1.82, 2.24) is 0 Å². The van der Waals surface area contributed by atoms with Crippen LogP contribution in [0.15, 0.2) is 48.5 Å². The van der Waals surface area contributed by atoms with Crippen molar-refractivity contribution >= 4 is 0 Å². The van der Waals surface area contributed by atoms with E-state index in [1.54, 1.807) is 19.2 Å². The van der Waals surface area contributed by atoms with Gasteiger partial charge in [0.2, 0.25) is 0 Å². The number of rotatable bonds is 4.